The van der Waals surface area contributed by atoms with Crippen molar-refractivity contribution < 1.29 is 4.92 Å². The molecule has 0 N–H and O–H groups in total. The van der Waals surface area contributed by atoms with Crippen molar-refractivity contribution in [2.24, 2.45) is 0 Å². The van der Waals surface area contributed by atoms with Crippen LogP contribution in [-0.4, -0.2) is 56.1 Å². The molecule has 3 heterocycles. The Labute approximate surface area is 181 Å². The predicted octanol–water partition coefficient (Wildman–Crippen LogP) is 3.10. The molecule has 1 aliphatic rings. The van der Waals surface area contributed by atoms with Gasteiger partial charge in [-0.15, -0.1) is 5.10 Å². The largest absolute Gasteiger partial charge is 0.368 e. The summed E-state index contributed by atoms with van der Waals surface area (Å²) in [6.07, 6.45) is 1.33. The molecule has 2 aromatic carbocycles. The van der Waals surface area contributed by atoms with Crippen LogP contribution in [0.25, 0.3) is 16.9 Å². The van der Waals surface area contributed by atoms with Crippen molar-refractivity contribution in [1.82, 2.24) is 25.0 Å². The van der Waals surface area contributed by atoms with Crippen molar-refractivity contribution in [3.63, 3.8) is 0 Å². The van der Waals surface area contributed by atoms with Crippen LogP contribution < -0.4 is 9.80 Å². The summed E-state index contributed by atoms with van der Waals surface area (Å²) >= 11 is 6.11. The van der Waals surface area contributed by atoms with Crippen LogP contribution >= 0.6 is 11.6 Å². The molecule has 0 bridgehead atoms. The van der Waals surface area contributed by atoms with Crippen molar-refractivity contribution in [1.29, 1.82) is 0 Å². The fourth-order valence-corrected chi connectivity index (χ4v) is 3.97. The normalized spacial score (nSPS) is 14.2. The van der Waals surface area contributed by atoms with Gasteiger partial charge in [-0.2, -0.15) is 4.68 Å². The molecular weight excluding hydrogens is 420 g/mol. The fraction of sp³-hybridized carbons (Fsp3) is 0.200. The van der Waals surface area contributed by atoms with Crippen LogP contribution in [0.2, 0.25) is 5.02 Å². The molecule has 0 amide bonds. The van der Waals surface area contributed by atoms with E-state index < -0.39 is 4.92 Å². The highest BCUT2D eigenvalue weighted by molar-refractivity contribution is 6.30. The van der Waals surface area contributed by atoms with Gasteiger partial charge in [-0.1, -0.05) is 35.0 Å². The Balaban J connectivity index is 1.48. The second kappa shape index (κ2) is 7.80. The molecule has 1 aliphatic heterocycles. The van der Waals surface area contributed by atoms with Crippen molar-refractivity contribution in [2.45, 2.75) is 0 Å². The number of benzene rings is 2. The Morgan fingerprint density at radius 3 is 2.45 bits per heavy atom. The van der Waals surface area contributed by atoms with E-state index in [9.17, 15) is 10.1 Å². The smallest absolute Gasteiger partial charge is 0.355 e. The minimum Gasteiger partial charge on any atom is -0.368 e. The summed E-state index contributed by atoms with van der Waals surface area (Å²) in [5, 5.41) is 20.9. The van der Waals surface area contributed by atoms with E-state index >= 15 is 0 Å². The van der Waals surface area contributed by atoms with Gasteiger partial charge in [0.05, 0.1) is 10.4 Å². The van der Waals surface area contributed by atoms with Crippen LogP contribution in [0.5, 0.6) is 0 Å². The number of anilines is 2. The molecule has 0 atom stereocenters. The molecule has 0 aliphatic carbocycles. The van der Waals surface area contributed by atoms with Gasteiger partial charge < -0.3 is 9.80 Å². The van der Waals surface area contributed by atoms with E-state index in [4.69, 9.17) is 11.6 Å². The molecule has 31 heavy (non-hydrogen) atoms. The molecule has 4 aromatic rings. The Morgan fingerprint density at radius 2 is 1.68 bits per heavy atom. The minimum atomic E-state index is -0.454. The van der Waals surface area contributed by atoms with E-state index in [1.54, 1.807) is 12.1 Å². The van der Waals surface area contributed by atoms with Gasteiger partial charge in [-0.25, -0.2) is 9.97 Å². The first-order valence-corrected chi connectivity index (χ1v) is 10.1. The molecule has 0 spiro atoms. The molecule has 0 saturated carbocycles. The lowest BCUT2D eigenvalue weighted by Gasteiger charge is -2.36. The number of nitrogens with zero attached hydrogens (tertiary/aromatic N) is 8. The van der Waals surface area contributed by atoms with Crippen LogP contribution in [0, 0.1) is 10.1 Å². The summed E-state index contributed by atoms with van der Waals surface area (Å²) in [6.45, 7) is 2.51. The molecule has 11 heteroatoms. The molecular formula is C20H17ClN8O2. The highest BCUT2D eigenvalue weighted by Crippen LogP contribution is 2.32. The monoisotopic (exact) mass is 436 g/mol. The zero-order chi connectivity index (χ0) is 21.4. The quantitative estimate of drug-likeness (QED) is 0.355. The highest BCUT2D eigenvalue weighted by atomic mass is 35.5. The molecule has 10 nitrogen and oxygen atoms in total. The standard InChI is InChI=1S/C20H17ClN8O2/c21-14-4-3-5-15(12-14)26-8-10-27(11-9-26)19-18(29(30)31)20(23-13-22-19)28-17-7-2-1-6-16(17)24-25-28/h1-7,12-13H,8-11H2. The van der Waals surface area contributed by atoms with Gasteiger partial charge >= 0.3 is 5.69 Å². The third-order valence-corrected chi connectivity index (χ3v) is 5.51. The van der Waals surface area contributed by atoms with Gasteiger partial charge in [0.2, 0.25) is 11.6 Å². The number of nitro groups is 1. The maximum atomic E-state index is 12.1. The topological polar surface area (TPSA) is 106 Å². The maximum Gasteiger partial charge on any atom is 0.355 e. The van der Waals surface area contributed by atoms with Crippen molar-refractivity contribution in [3.05, 3.63) is 70.0 Å². The number of rotatable bonds is 4. The first-order chi connectivity index (χ1) is 15.1. The molecule has 156 valence electrons. The Bertz CT molecular complexity index is 1270. The zero-order valence-electron chi connectivity index (χ0n) is 16.3. The fourth-order valence-electron chi connectivity index (χ4n) is 3.78. The first-order valence-electron chi connectivity index (χ1n) is 9.67. The third-order valence-electron chi connectivity index (χ3n) is 5.27. The second-order valence-electron chi connectivity index (χ2n) is 7.07. The lowest BCUT2D eigenvalue weighted by Crippen LogP contribution is -2.47. The maximum absolute atomic E-state index is 12.1. The Hall–Kier alpha value is -3.79. The summed E-state index contributed by atoms with van der Waals surface area (Å²) in [6, 6.07) is 14.9. The average Bonchev–Trinajstić information content (AvgIpc) is 3.23. The minimum absolute atomic E-state index is 0.0981. The van der Waals surface area contributed by atoms with Gasteiger partial charge in [0.1, 0.15) is 11.8 Å². The molecule has 0 radical (unpaired) electrons. The summed E-state index contributed by atoms with van der Waals surface area (Å²) in [5.41, 5.74) is 2.11. The van der Waals surface area contributed by atoms with Crippen LogP contribution in [0.1, 0.15) is 0 Å². The van der Waals surface area contributed by atoms with E-state index in [0.29, 0.717) is 42.2 Å². The Morgan fingerprint density at radius 1 is 0.935 bits per heavy atom. The number of aromatic nitrogens is 5. The lowest BCUT2D eigenvalue weighted by molar-refractivity contribution is -0.384. The van der Waals surface area contributed by atoms with Crippen molar-refractivity contribution in [2.75, 3.05) is 36.0 Å². The number of hydrogen-bond donors (Lipinski definition) is 0. The van der Waals surface area contributed by atoms with E-state index in [-0.39, 0.29) is 17.3 Å². The summed E-state index contributed by atoms with van der Waals surface area (Å²) in [5.74, 6) is 0.376. The van der Waals surface area contributed by atoms with Gasteiger partial charge in [0.25, 0.3) is 0 Å². The van der Waals surface area contributed by atoms with Crippen molar-refractivity contribution >= 4 is 39.8 Å². The van der Waals surface area contributed by atoms with Gasteiger partial charge in [0.15, 0.2) is 0 Å². The molecule has 5 rings (SSSR count). The Kier molecular flexibility index (Phi) is 4.83. The number of fused-ring (bicyclic) bond motifs is 1. The predicted molar refractivity (Wildman–Crippen MR) is 117 cm³/mol. The number of piperazine rings is 1. The van der Waals surface area contributed by atoms with E-state index in [2.05, 4.69) is 25.2 Å². The average molecular weight is 437 g/mol. The number of hydrogen-bond acceptors (Lipinski definition) is 8. The second-order valence-corrected chi connectivity index (χ2v) is 7.51. The van der Waals surface area contributed by atoms with Crippen LogP contribution in [0.3, 0.4) is 0 Å². The van der Waals surface area contributed by atoms with Crippen molar-refractivity contribution in [3.8, 4) is 5.82 Å². The van der Waals surface area contributed by atoms with Crippen LogP contribution in [0.4, 0.5) is 17.2 Å². The van der Waals surface area contributed by atoms with Gasteiger partial charge in [-0.3, -0.25) is 10.1 Å². The molecule has 1 fully saturated rings. The van der Waals surface area contributed by atoms with Crippen LogP contribution in [0.15, 0.2) is 54.9 Å². The highest BCUT2D eigenvalue weighted by Gasteiger charge is 2.31. The SMILES string of the molecule is O=[N+]([O-])c1c(N2CCN(c3cccc(Cl)c3)CC2)ncnc1-n1nnc2ccccc21. The van der Waals surface area contributed by atoms with Gasteiger partial charge in [0, 0.05) is 36.9 Å². The zero-order valence-corrected chi connectivity index (χ0v) is 17.1. The number of para-hydroxylation sites is 1. The number of halogens is 1. The summed E-state index contributed by atoms with van der Waals surface area (Å²) in [4.78, 5) is 24.1. The lowest BCUT2D eigenvalue weighted by atomic mass is 10.2. The summed E-state index contributed by atoms with van der Waals surface area (Å²) < 4.78 is 1.39. The third kappa shape index (κ3) is 3.50. The molecule has 1 saturated heterocycles. The molecule has 2 aromatic heterocycles. The van der Waals surface area contributed by atoms with Gasteiger partial charge in [-0.05, 0) is 30.3 Å². The van der Waals surface area contributed by atoms with E-state index in [1.165, 1.54) is 11.0 Å². The van der Waals surface area contributed by atoms with E-state index in [0.717, 1.165) is 5.69 Å². The molecule has 0 unspecified atom stereocenters. The summed E-state index contributed by atoms with van der Waals surface area (Å²) in [7, 11) is 0. The first kappa shape index (κ1) is 19.2. The van der Waals surface area contributed by atoms with E-state index in [1.807, 2.05) is 41.3 Å². The van der Waals surface area contributed by atoms with Crippen LogP contribution in [-0.2, 0) is 0 Å².